The summed E-state index contributed by atoms with van der Waals surface area (Å²) in [6, 6.07) is 28.5. The second-order valence-corrected chi connectivity index (χ2v) is 8.54. The van der Waals surface area contributed by atoms with E-state index in [0.29, 0.717) is 12.0 Å². The quantitative estimate of drug-likeness (QED) is 0.423. The van der Waals surface area contributed by atoms with Crippen LogP contribution in [0.2, 0.25) is 0 Å². The summed E-state index contributed by atoms with van der Waals surface area (Å²) in [5.41, 5.74) is 4.22. The highest BCUT2D eigenvalue weighted by atomic mass is 16.2. The molecular formula is C28H26N4O2. The molecule has 2 amide bonds. The molecule has 1 unspecified atom stereocenters. The molecule has 1 saturated carbocycles. The maximum atomic E-state index is 13.2. The summed E-state index contributed by atoms with van der Waals surface area (Å²) in [7, 11) is 0. The van der Waals surface area contributed by atoms with Gasteiger partial charge in [-0.1, -0.05) is 66.7 Å². The molecule has 6 heteroatoms. The zero-order valence-corrected chi connectivity index (χ0v) is 18.7. The lowest BCUT2D eigenvalue weighted by atomic mass is 10.0. The Morgan fingerprint density at radius 1 is 0.912 bits per heavy atom. The van der Waals surface area contributed by atoms with Crippen LogP contribution in [0.5, 0.6) is 0 Å². The number of carbonyl (C=O) groups is 2. The van der Waals surface area contributed by atoms with Crippen LogP contribution in [0.15, 0.2) is 97.2 Å². The fraction of sp³-hybridized carbons (Fsp3) is 0.179. The molecule has 1 heterocycles. The second-order valence-electron chi connectivity index (χ2n) is 8.54. The molecule has 1 aliphatic carbocycles. The summed E-state index contributed by atoms with van der Waals surface area (Å²) in [6.07, 6.45) is 4.16. The predicted molar refractivity (Wildman–Crippen MR) is 132 cm³/mol. The van der Waals surface area contributed by atoms with Crippen molar-refractivity contribution in [3.8, 4) is 16.9 Å². The first-order valence-electron chi connectivity index (χ1n) is 11.5. The molecule has 0 bridgehead atoms. The second kappa shape index (κ2) is 9.75. The highest BCUT2D eigenvalue weighted by Crippen LogP contribution is 2.23. The van der Waals surface area contributed by atoms with Gasteiger partial charge in [-0.05, 0) is 42.7 Å². The van der Waals surface area contributed by atoms with Crippen molar-refractivity contribution >= 4 is 11.8 Å². The molecule has 0 saturated heterocycles. The van der Waals surface area contributed by atoms with Crippen LogP contribution < -0.4 is 10.6 Å². The molecule has 3 aromatic carbocycles. The smallest absolute Gasteiger partial charge is 0.252 e. The van der Waals surface area contributed by atoms with E-state index in [2.05, 4.69) is 15.7 Å². The number of nitrogens with zero attached hydrogens (tertiary/aromatic N) is 2. The number of carbonyl (C=O) groups excluding carboxylic acids is 2. The van der Waals surface area contributed by atoms with Crippen LogP contribution in [0.4, 0.5) is 0 Å². The Hall–Kier alpha value is -4.19. The third-order valence-electron chi connectivity index (χ3n) is 5.89. The van der Waals surface area contributed by atoms with E-state index in [0.717, 1.165) is 35.3 Å². The predicted octanol–water partition coefficient (Wildman–Crippen LogP) is 4.16. The maximum Gasteiger partial charge on any atom is 0.252 e. The standard InChI is InChI=1S/C28H26N4O2/c33-27(31-25(28(34)30-23-14-15-23)18-20-8-3-1-4-9-20)22-12-7-13-24(19-22)32-26(16-17-29-32)21-10-5-2-6-11-21/h1-13,16-17,19,23,25H,14-15,18H2,(H,30,34)(H,31,33). The average Bonchev–Trinajstić information content (AvgIpc) is 3.55. The highest BCUT2D eigenvalue weighted by Gasteiger charge is 2.29. The van der Waals surface area contributed by atoms with Gasteiger partial charge < -0.3 is 10.6 Å². The molecule has 5 rings (SSSR count). The topological polar surface area (TPSA) is 76.0 Å². The Bertz CT molecular complexity index is 1280. The van der Waals surface area contributed by atoms with Crippen LogP contribution in [0, 0.1) is 0 Å². The largest absolute Gasteiger partial charge is 0.352 e. The average molecular weight is 451 g/mol. The molecule has 1 aliphatic rings. The van der Waals surface area contributed by atoms with Crippen molar-refractivity contribution in [2.45, 2.75) is 31.3 Å². The summed E-state index contributed by atoms with van der Waals surface area (Å²) in [4.78, 5) is 26.1. The minimum absolute atomic E-state index is 0.144. The van der Waals surface area contributed by atoms with Crippen molar-refractivity contribution in [2.75, 3.05) is 0 Å². The first-order valence-corrected chi connectivity index (χ1v) is 11.5. The van der Waals surface area contributed by atoms with E-state index in [-0.39, 0.29) is 17.9 Å². The molecule has 170 valence electrons. The Labute approximate surface area is 198 Å². The van der Waals surface area contributed by atoms with Gasteiger partial charge >= 0.3 is 0 Å². The zero-order valence-electron chi connectivity index (χ0n) is 18.7. The molecule has 0 spiro atoms. The van der Waals surface area contributed by atoms with Gasteiger partial charge in [0.05, 0.1) is 17.6 Å². The van der Waals surface area contributed by atoms with Crippen molar-refractivity contribution in [3.05, 3.63) is 108 Å². The first kappa shape index (κ1) is 21.6. The minimum Gasteiger partial charge on any atom is -0.352 e. The van der Waals surface area contributed by atoms with Crippen LogP contribution in [0.25, 0.3) is 16.9 Å². The number of aromatic nitrogens is 2. The lowest BCUT2D eigenvalue weighted by molar-refractivity contribution is -0.123. The lowest BCUT2D eigenvalue weighted by Gasteiger charge is -2.19. The van der Waals surface area contributed by atoms with Gasteiger partial charge in [0, 0.05) is 23.6 Å². The van der Waals surface area contributed by atoms with Gasteiger partial charge in [-0.25, -0.2) is 4.68 Å². The van der Waals surface area contributed by atoms with Gasteiger partial charge in [0.25, 0.3) is 5.91 Å². The van der Waals surface area contributed by atoms with Crippen molar-refractivity contribution in [1.29, 1.82) is 0 Å². The molecule has 0 radical (unpaired) electrons. The molecule has 6 nitrogen and oxygen atoms in total. The Morgan fingerprint density at radius 3 is 2.38 bits per heavy atom. The van der Waals surface area contributed by atoms with Crippen LogP contribution in [-0.2, 0) is 11.2 Å². The molecule has 4 aromatic rings. The van der Waals surface area contributed by atoms with E-state index in [4.69, 9.17) is 0 Å². The molecule has 34 heavy (non-hydrogen) atoms. The van der Waals surface area contributed by atoms with Crippen LogP contribution in [-0.4, -0.2) is 33.7 Å². The van der Waals surface area contributed by atoms with E-state index < -0.39 is 6.04 Å². The molecule has 1 fully saturated rings. The van der Waals surface area contributed by atoms with Gasteiger partial charge in [0.15, 0.2) is 0 Å². The van der Waals surface area contributed by atoms with E-state index in [9.17, 15) is 9.59 Å². The van der Waals surface area contributed by atoms with Gasteiger partial charge in [0.1, 0.15) is 6.04 Å². The van der Waals surface area contributed by atoms with Crippen LogP contribution >= 0.6 is 0 Å². The normalized spacial score (nSPS) is 13.8. The SMILES string of the molecule is O=C(NC(Cc1ccccc1)C(=O)NC1CC1)c1cccc(-n2nccc2-c2ccccc2)c1. The van der Waals surface area contributed by atoms with Gasteiger partial charge in [-0.3, -0.25) is 9.59 Å². The fourth-order valence-corrected chi connectivity index (χ4v) is 3.95. The number of nitrogens with one attached hydrogen (secondary N) is 2. The van der Waals surface area contributed by atoms with E-state index in [1.807, 2.05) is 83.5 Å². The van der Waals surface area contributed by atoms with Crippen molar-refractivity contribution in [1.82, 2.24) is 20.4 Å². The number of hydrogen-bond acceptors (Lipinski definition) is 3. The van der Waals surface area contributed by atoms with E-state index >= 15 is 0 Å². The third kappa shape index (κ3) is 5.07. The lowest BCUT2D eigenvalue weighted by Crippen LogP contribution is -2.48. The maximum absolute atomic E-state index is 13.2. The summed E-state index contributed by atoms with van der Waals surface area (Å²) in [5.74, 6) is -0.434. The number of rotatable bonds is 8. The number of hydrogen-bond donors (Lipinski definition) is 2. The van der Waals surface area contributed by atoms with Crippen LogP contribution in [0.1, 0.15) is 28.8 Å². The Morgan fingerprint density at radius 2 is 1.65 bits per heavy atom. The molecule has 2 N–H and O–H groups in total. The summed E-state index contributed by atoms with van der Waals surface area (Å²) >= 11 is 0. The molecule has 0 aliphatic heterocycles. The van der Waals surface area contributed by atoms with E-state index in [1.54, 1.807) is 18.3 Å². The summed E-state index contributed by atoms with van der Waals surface area (Å²) in [6.45, 7) is 0. The summed E-state index contributed by atoms with van der Waals surface area (Å²) < 4.78 is 1.81. The number of amides is 2. The van der Waals surface area contributed by atoms with Gasteiger partial charge in [0.2, 0.25) is 5.91 Å². The van der Waals surface area contributed by atoms with Gasteiger partial charge in [-0.15, -0.1) is 0 Å². The monoisotopic (exact) mass is 450 g/mol. The third-order valence-corrected chi connectivity index (χ3v) is 5.89. The summed E-state index contributed by atoms with van der Waals surface area (Å²) in [5, 5.41) is 10.4. The van der Waals surface area contributed by atoms with Crippen molar-refractivity contribution in [2.24, 2.45) is 0 Å². The molecule has 1 atom stereocenters. The van der Waals surface area contributed by atoms with Gasteiger partial charge in [-0.2, -0.15) is 5.10 Å². The van der Waals surface area contributed by atoms with Crippen molar-refractivity contribution in [3.63, 3.8) is 0 Å². The molecule has 1 aromatic heterocycles. The Kier molecular flexibility index (Phi) is 6.21. The Balaban J connectivity index is 1.37. The van der Waals surface area contributed by atoms with Crippen LogP contribution in [0.3, 0.4) is 0 Å². The minimum atomic E-state index is -0.649. The highest BCUT2D eigenvalue weighted by molar-refractivity contribution is 5.98. The first-order chi connectivity index (χ1) is 16.7. The molecular weight excluding hydrogens is 424 g/mol. The zero-order chi connectivity index (χ0) is 23.3. The van der Waals surface area contributed by atoms with Crippen molar-refractivity contribution < 1.29 is 9.59 Å². The van der Waals surface area contributed by atoms with E-state index in [1.165, 1.54) is 0 Å². The fourth-order valence-electron chi connectivity index (χ4n) is 3.95. The number of benzene rings is 3.